The number of rotatable bonds is 8. The maximum atomic E-state index is 12.1. The van der Waals surface area contributed by atoms with Crippen LogP contribution in [-0.2, 0) is 16.1 Å². The third-order valence-electron chi connectivity index (χ3n) is 4.98. The van der Waals surface area contributed by atoms with Crippen LogP contribution in [0.2, 0.25) is 0 Å². The fourth-order valence-electron chi connectivity index (χ4n) is 3.00. The monoisotopic (exact) mass is 381 g/mol. The molecule has 5 nitrogen and oxygen atoms in total. The minimum absolute atomic E-state index is 0. The highest BCUT2D eigenvalue weighted by molar-refractivity contribution is 5.92. The summed E-state index contributed by atoms with van der Waals surface area (Å²) in [5, 5.41) is 9.26. The van der Waals surface area contributed by atoms with E-state index in [1.54, 1.807) is 0 Å². The molecule has 6 heteroatoms. The van der Waals surface area contributed by atoms with Gasteiger partial charge in [0.15, 0.2) is 0 Å². The van der Waals surface area contributed by atoms with Crippen molar-refractivity contribution in [2.24, 2.45) is 11.8 Å². The van der Waals surface area contributed by atoms with Crippen LogP contribution in [0.25, 0.3) is 0 Å². The first-order valence-electron chi connectivity index (χ1n) is 9.45. The van der Waals surface area contributed by atoms with E-state index in [-0.39, 0.29) is 30.1 Å². The van der Waals surface area contributed by atoms with Gasteiger partial charge in [0.25, 0.3) is 0 Å². The molecule has 2 amide bonds. The zero-order valence-electron chi connectivity index (χ0n) is 15.8. The third kappa shape index (κ3) is 7.75. The van der Waals surface area contributed by atoms with E-state index in [1.807, 2.05) is 38.1 Å². The molecule has 0 spiro atoms. The maximum absolute atomic E-state index is 12.1. The number of carbonyl (C=O) groups excluding carboxylic acids is 2. The van der Waals surface area contributed by atoms with Crippen LogP contribution in [0.3, 0.4) is 0 Å². The first-order chi connectivity index (χ1) is 12.1. The van der Waals surface area contributed by atoms with E-state index in [2.05, 4.69) is 16.0 Å². The minimum atomic E-state index is -0.00153. The highest BCUT2D eigenvalue weighted by Crippen LogP contribution is 2.17. The second-order valence-corrected chi connectivity index (χ2v) is 7.01. The van der Waals surface area contributed by atoms with E-state index < -0.39 is 0 Å². The molecule has 1 saturated heterocycles. The Balaban J connectivity index is 0.00000338. The summed E-state index contributed by atoms with van der Waals surface area (Å²) in [5.41, 5.74) is 1.78. The average Bonchev–Trinajstić information content (AvgIpc) is 2.65. The summed E-state index contributed by atoms with van der Waals surface area (Å²) in [6.45, 7) is 6.56. The molecule has 1 heterocycles. The molecule has 0 aliphatic carbocycles. The van der Waals surface area contributed by atoms with E-state index in [9.17, 15) is 9.59 Å². The van der Waals surface area contributed by atoms with Crippen molar-refractivity contribution in [1.29, 1.82) is 0 Å². The Morgan fingerprint density at radius 1 is 1.27 bits per heavy atom. The number of carbonyl (C=O) groups is 2. The smallest absolute Gasteiger partial charge is 0.227 e. The summed E-state index contributed by atoms with van der Waals surface area (Å²) in [6.07, 6.45) is 4.72. The van der Waals surface area contributed by atoms with Gasteiger partial charge in [-0.2, -0.15) is 0 Å². The molecule has 1 fully saturated rings. The Morgan fingerprint density at radius 2 is 2.00 bits per heavy atom. The largest absolute Gasteiger partial charge is 0.352 e. The van der Waals surface area contributed by atoms with Crippen molar-refractivity contribution in [2.45, 2.75) is 52.5 Å². The number of amides is 2. The van der Waals surface area contributed by atoms with Crippen molar-refractivity contribution in [3.8, 4) is 0 Å². The second kappa shape index (κ2) is 11.9. The topological polar surface area (TPSA) is 70.2 Å². The van der Waals surface area contributed by atoms with Gasteiger partial charge in [-0.25, -0.2) is 0 Å². The SMILES string of the molecule is CCC(C)C(=O)Nc1cccc(CNC(=O)CCC2CCNCC2)c1.Cl. The number of halogens is 1. The molecule has 1 unspecified atom stereocenters. The Bertz CT molecular complexity index is 574. The normalized spacial score (nSPS) is 15.6. The van der Waals surface area contributed by atoms with Gasteiger partial charge in [-0.3, -0.25) is 9.59 Å². The molecule has 1 aliphatic heterocycles. The predicted octanol–water partition coefficient (Wildman–Crippen LogP) is 3.49. The van der Waals surface area contributed by atoms with Crippen molar-refractivity contribution < 1.29 is 9.59 Å². The van der Waals surface area contributed by atoms with Crippen molar-refractivity contribution in [2.75, 3.05) is 18.4 Å². The Labute approximate surface area is 163 Å². The van der Waals surface area contributed by atoms with E-state index in [4.69, 9.17) is 0 Å². The first-order valence-corrected chi connectivity index (χ1v) is 9.45. The van der Waals surface area contributed by atoms with Crippen LogP contribution in [0, 0.1) is 11.8 Å². The zero-order valence-corrected chi connectivity index (χ0v) is 16.7. The minimum Gasteiger partial charge on any atom is -0.352 e. The molecular weight excluding hydrogens is 350 g/mol. The van der Waals surface area contributed by atoms with Crippen LogP contribution in [0.15, 0.2) is 24.3 Å². The number of nitrogens with one attached hydrogen (secondary N) is 3. The van der Waals surface area contributed by atoms with E-state index in [1.165, 1.54) is 12.8 Å². The molecule has 2 rings (SSSR count). The van der Waals surface area contributed by atoms with Crippen LogP contribution in [0.5, 0.6) is 0 Å². The number of hydrogen-bond donors (Lipinski definition) is 3. The summed E-state index contributed by atoms with van der Waals surface area (Å²) in [5.74, 6) is 0.808. The summed E-state index contributed by atoms with van der Waals surface area (Å²) in [7, 11) is 0. The molecule has 1 atom stereocenters. The Morgan fingerprint density at radius 3 is 2.69 bits per heavy atom. The fraction of sp³-hybridized carbons (Fsp3) is 0.600. The summed E-state index contributed by atoms with van der Waals surface area (Å²) < 4.78 is 0. The number of piperidine rings is 1. The molecule has 0 aromatic heterocycles. The summed E-state index contributed by atoms with van der Waals surface area (Å²) >= 11 is 0. The zero-order chi connectivity index (χ0) is 18.1. The first kappa shape index (κ1) is 22.5. The van der Waals surface area contributed by atoms with Gasteiger partial charge in [-0.1, -0.05) is 26.0 Å². The molecule has 1 aromatic rings. The van der Waals surface area contributed by atoms with Gasteiger partial charge in [0.1, 0.15) is 0 Å². The van der Waals surface area contributed by atoms with Gasteiger partial charge >= 0.3 is 0 Å². The number of hydrogen-bond acceptors (Lipinski definition) is 3. The molecule has 1 aromatic carbocycles. The molecule has 146 valence electrons. The number of benzene rings is 1. The lowest BCUT2D eigenvalue weighted by Gasteiger charge is -2.22. The summed E-state index contributed by atoms with van der Waals surface area (Å²) in [4.78, 5) is 24.0. The molecule has 0 radical (unpaired) electrons. The highest BCUT2D eigenvalue weighted by Gasteiger charge is 2.14. The van der Waals surface area contributed by atoms with Crippen molar-refractivity contribution >= 4 is 29.9 Å². The molecule has 1 aliphatic rings. The molecular formula is C20H32ClN3O2. The van der Waals surface area contributed by atoms with Crippen molar-refractivity contribution in [1.82, 2.24) is 10.6 Å². The Kier molecular flexibility index (Phi) is 10.3. The highest BCUT2D eigenvalue weighted by atomic mass is 35.5. The van der Waals surface area contributed by atoms with E-state index >= 15 is 0 Å². The van der Waals surface area contributed by atoms with Crippen LogP contribution < -0.4 is 16.0 Å². The third-order valence-corrected chi connectivity index (χ3v) is 4.98. The van der Waals surface area contributed by atoms with Crippen molar-refractivity contribution in [3.05, 3.63) is 29.8 Å². The predicted molar refractivity (Wildman–Crippen MR) is 108 cm³/mol. The Hall–Kier alpha value is -1.59. The fourth-order valence-corrected chi connectivity index (χ4v) is 3.00. The maximum Gasteiger partial charge on any atom is 0.227 e. The average molecular weight is 382 g/mol. The molecule has 26 heavy (non-hydrogen) atoms. The van der Waals surface area contributed by atoms with Gasteiger partial charge in [-0.05, 0) is 62.4 Å². The van der Waals surface area contributed by atoms with E-state index in [0.717, 1.165) is 37.2 Å². The molecule has 0 saturated carbocycles. The standard InChI is InChI=1S/C20H31N3O2.ClH/c1-3-15(2)20(25)23-18-6-4-5-17(13-18)14-22-19(24)8-7-16-9-11-21-12-10-16;/h4-6,13,15-16,21H,3,7-12,14H2,1-2H3,(H,22,24)(H,23,25);1H. The lowest BCUT2D eigenvalue weighted by atomic mass is 9.93. The summed E-state index contributed by atoms with van der Waals surface area (Å²) in [6, 6.07) is 7.67. The quantitative estimate of drug-likeness (QED) is 0.645. The second-order valence-electron chi connectivity index (χ2n) is 7.01. The van der Waals surface area contributed by atoms with Gasteiger partial charge in [-0.15, -0.1) is 12.4 Å². The lowest BCUT2D eigenvalue weighted by Crippen LogP contribution is -2.29. The van der Waals surface area contributed by atoms with Crippen LogP contribution in [-0.4, -0.2) is 24.9 Å². The van der Waals surface area contributed by atoms with Gasteiger partial charge < -0.3 is 16.0 Å². The van der Waals surface area contributed by atoms with Crippen LogP contribution in [0.4, 0.5) is 5.69 Å². The van der Waals surface area contributed by atoms with Gasteiger partial charge in [0.2, 0.25) is 11.8 Å². The lowest BCUT2D eigenvalue weighted by molar-refractivity contribution is -0.121. The van der Waals surface area contributed by atoms with Crippen LogP contribution in [0.1, 0.15) is 51.5 Å². The van der Waals surface area contributed by atoms with Gasteiger partial charge in [0, 0.05) is 24.6 Å². The van der Waals surface area contributed by atoms with Gasteiger partial charge in [0.05, 0.1) is 0 Å². The number of anilines is 1. The molecule has 0 bridgehead atoms. The van der Waals surface area contributed by atoms with Crippen LogP contribution >= 0.6 is 12.4 Å². The molecule has 3 N–H and O–H groups in total. The van der Waals surface area contributed by atoms with Crippen molar-refractivity contribution in [3.63, 3.8) is 0 Å². The van der Waals surface area contributed by atoms with E-state index in [0.29, 0.717) is 18.9 Å².